The molecule has 0 saturated heterocycles. The van der Waals surface area contributed by atoms with E-state index >= 15 is 0 Å². The molecule has 0 radical (unpaired) electrons. The molecule has 5 rings (SSSR count). The summed E-state index contributed by atoms with van der Waals surface area (Å²) in [6, 6.07) is 16.5. The van der Waals surface area contributed by atoms with E-state index in [4.69, 9.17) is 4.52 Å². The van der Waals surface area contributed by atoms with E-state index in [-0.39, 0.29) is 17.2 Å². The first-order valence-corrected chi connectivity index (χ1v) is 10.4. The summed E-state index contributed by atoms with van der Waals surface area (Å²) in [4.78, 5) is 25.6. The summed E-state index contributed by atoms with van der Waals surface area (Å²) in [5, 5.41) is 15.9. The van der Waals surface area contributed by atoms with Gasteiger partial charge >= 0.3 is 0 Å². The Bertz CT molecular complexity index is 1470. The molecule has 3 aromatic heterocycles. The number of nitrogens with zero attached hydrogens (tertiary/aromatic N) is 5. The summed E-state index contributed by atoms with van der Waals surface area (Å²) in [6.45, 7) is 1.94. The van der Waals surface area contributed by atoms with Gasteiger partial charge in [-0.1, -0.05) is 47.3 Å². The summed E-state index contributed by atoms with van der Waals surface area (Å²) in [5.41, 5.74) is 2.17. The van der Waals surface area contributed by atoms with Crippen molar-refractivity contribution in [2.45, 2.75) is 12.1 Å². The van der Waals surface area contributed by atoms with Gasteiger partial charge in [0.05, 0.1) is 22.3 Å². The Morgan fingerprint density at radius 3 is 2.71 bits per heavy atom. The SMILES string of the molecule is Cc1ccccc1-n1c(=O)c2ccccc2n2c(SCC(=O)Nc3ccon3)nnc12. The molecule has 0 unspecified atom stereocenters. The van der Waals surface area contributed by atoms with Crippen molar-refractivity contribution in [3.05, 3.63) is 76.8 Å². The van der Waals surface area contributed by atoms with Gasteiger partial charge in [-0.2, -0.15) is 0 Å². The first-order valence-electron chi connectivity index (χ1n) is 9.41. The minimum Gasteiger partial charge on any atom is -0.363 e. The van der Waals surface area contributed by atoms with Crippen molar-refractivity contribution in [1.29, 1.82) is 0 Å². The highest BCUT2D eigenvalue weighted by molar-refractivity contribution is 7.99. The van der Waals surface area contributed by atoms with Crippen LogP contribution in [0.1, 0.15) is 5.56 Å². The molecule has 1 N–H and O–H groups in total. The number of fused-ring (bicyclic) bond motifs is 3. The Hall–Kier alpha value is -3.92. The molecule has 5 aromatic rings. The van der Waals surface area contributed by atoms with Gasteiger partial charge in [0.25, 0.3) is 5.56 Å². The highest BCUT2D eigenvalue weighted by atomic mass is 32.2. The van der Waals surface area contributed by atoms with Crippen LogP contribution in [0, 0.1) is 6.92 Å². The molecule has 0 saturated carbocycles. The van der Waals surface area contributed by atoms with Crippen molar-refractivity contribution in [3.63, 3.8) is 0 Å². The number of hydrogen-bond acceptors (Lipinski definition) is 7. The molecule has 2 aromatic carbocycles. The third kappa shape index (κ3) is 3.36. The third-order valence-corrected chi connectivity index (χ3v) is 5.72. The largest absolute Gasteiger partial charge is 0.363 e. The molecular formula is C21H16N6O3S. The fourth-order valence-corrected chi connectivity index (χ4v) is 4.13. The Morgan fingerprint density at radius 1 is 1.10 bits per heavy atom. The van der Waals surface area contributed by atoms with Crippen LogP contribution in [0.5, 0.6) is 0 Å². The summed E-state index contributed by atoms with van der Waals surface area (Å²) in [7, 11) is 0. The molecule has 9 nitrogen and oxygen atoms in total. The quantitative estimate of drug-likeness (QED) is 0.425. The van der Waals surface area contributed by atoms with E-state index in [9.17, 15) is 9.59 Å². The van der Waals surface area contributed by atoms with Gasteiger partial charge in [-0.3, -0.25) is 14.0 Å². The Kier molecular flexibility index (Phi) is 4.75. The number of thioether (sulfide) groups is 1. The lowest BCUT2D eigenvalue weighted by Gasteiger charge is -2.13. The fraction of sp³-hybridized carbons (Fsp3) is 0.0952. The Morgan fingerprint density at radius 2 is 1.90 bits per heavy atom. The summed E-state index contributed by atoms with van der Waals surface area (Å²) < 4.78 is 8.08. The van der Waals surface area contributed by atoms with Gasteiger partial charge < -0.3 is 9.84 Å². The number of hydrogen-bond donors (Lipinski definition) is 1. The van der Waals surface area contributed by atoms with Gasteiger partial charge in [-0.25, -0.2) is 4.57 Å². The highest BCUT2D eigenvalue weighted by Crippen LogP contribution is 2.24. The van der Waals surface area contributed by atoms with E-state index in [1.165, 1.54) is 18.0 Å². The van der Waals surface area contributed by atoms with E-state index in [0.29, 0.717) is 27.7 Å². The smallest absolute Gasteiger partial charge is 0.267 e. The molecule has 0 spiro atoms. The van der Waals surface area contributed by atoms with Crippen LogP contribution in [0.4, 0.5) is 5.82 Å². The van der Waals surface area contributed by atoms with Crippen LogP contribution in [0.15, 0.2) is 75.3 Å². The monoisotopic (exact) mass is 432 g/mol. The lowest BCUT2D eigenvalue weighted by atomic mass is 10.2. The molecule has 0 aliphatic heterocycles. The molecule has 0 aliphatic carbocycles. The zero-order valence-electron chi connectivity index (χ0n) is 16.3. The summed E-state index contributed by atoms with van der Waals surface area (Å²) in [6.07, 6.45) is 1.38. The lowest BCUT2D eigenvalue weighted by Crippen LogP contribution is -2.22. The molecule has 3 heterocycles. The average molecular weight is 432 g/mol. The molecule has 0 fully saturated rings. The van der Waals surface area contributed by atoms with Crippen LogP contribution in [-0.4, -0.2) is 36.0 Å². The number of rotatable bonds is 5. The predicted molar refractivity (Wildman–Crippen MR) is 117 cm³/mol. The highest BCUT2D eigenvalue weighted by Gasteiger charge is 2.19. The molecule has 0 bridgehead atoms. The topological polar surface area (TPSA) is 107 Å². The maximum atomic E-state index is 13.3. The van der Waals surface area contributed by atoms with Crippen molar-refractivity contribution in [2.24, 2.45) is 0 Å². The predicted octanol–water partition coefficient (Wildman–Crippen LogP) is 3.06. The third-order valence-electron chi connectivity index (χ3n) is 4.79. The van der Waals surface area contributed by atoms with E-state index in [0.717, 1.165) is 11.3 Å². The van der Waals surface area contributed by atoms with Crippen LogP contribution in [0.3, 0.4) is 0 Å². The summed E-state index contributed by atoms with van der Waals surface area (Å²) in [5.74, 6) is 0.561. The number of anilines is 1. The number of para-hydroxylation sites is 2. The number of carbonyl (C=O) groups excluding carboxylic acids is 1. The zero-order chi connectivity index (χ0) is 21.4. The maximum Gasteiger partial charge on any atom is 0.267 e. The second-order valence-electron chi connectivity index (χ2n) is 6.78. The van der Waals surface area contributed by atoms with E-state index in [2.05, 4.69) is 20.7 Å². The average Bonchev–Trinajstić information content (AvgIpc) is 3.44. The van der Waals surface area contributed by atoms with E-state index < -0.39 is 0 Å². The number of amides is 1. The standard InChI is InChI=1S/C21H16N6O3S/c1-13-6-2-4-8-15(13)26-19(29)14-7-3-5-9-16(14)27-20(26)23-24-21(27)31-12-18(28)22-17-10-11-30-25-17/h2-11H,12H2,1H3,(H,22,25,28). The van der Waals surface area contributed by atoms with Crippen molar-refractivity contribution in [1.82, 2.24) is 24.3 Å². The van der Waals surface area contributed by atoms with Gasteiger partial charge in [0.2, 0.25) is 11.7 Å². The molecular weight excluding hydrogens is 416 g/mol. The normalized spacial score (nSPS) is 11.3. The van der Waals surface area contributed by atoms with E-state index in [1.807, 2.05) is 49.4 Å². The van der Waals surface area contributed by atoms with E-state index in [1.54, 1.807) is 21.1 Å². The van der Waals surface area contributed by atoms with Crippen molar-refractivity contribution in [3.8, 4) is 5.69 Å². The minimum absolute atomic E-state index is 0.0888. The van der Waals surface area contributed by atoms with Crippen LogP contribution in [0.25, 0.3) is 22.4 Å². The van der Waals surface area contributed by atoms with Gasteiger partial charge in [-0.15, -0.1) is 10.2 Å². The van der Waals surface area contributed by atoms with Crippen LogP contribution in [0.2, 0.25) is 0 Å². The van der Waals surface area contributed by atoms with Crippen LogP contribution >= 0.6 is 11.8 Å². The Labute approximate surface area is 179 Å². The number of aryl methyl sites for hydroxylation is 1. The van der Waals surface area contributed by atoms with Crippen molar-refractivity contribution in [2.75, 3.05) is 11.1 Å². The van der Waals surface area contributed by atoms with Gasteiger partial charge in [-0.05, 0) is 30.7 Å². The maximum absolute atomic E-state index is 13.3. The fourth-order valence-electron chi connectivity index (χ4n) is 3.39. The molecule has 0 atom stereocenters. The van der Waals surface area contributed by atoms with Crippen LogP contribution < -0.4 is 10.9 Å². The Balaban J connectivity index is 1.62. The number of benzene rings is 2. The van der Waals surface area contributed by atoms with Crippen molar-refractivity contribution >= 4 is 40.2 Å². The first-order chi connectivity index (χ1) is 15.1. The number of nitrogens with one attached hydrogen (secondary N) is 1. The second-order valence-corrected chi connectivity index (χ2v) is 7.73. The molecule has 0 aliphatic rings. The number of aromatic nitrogens is 5. The van der Waals surface area contributed by atoms with Gasteiger partial charge in [0.15, 0.2) is 11.0 Å². The van der Waals surface area contributed by atoms with Gasteiger partial charge in [0, 0.05) is 6.07 Å². The summed E-state index contributed by atoms with van der Waals surface area (Å²) >= 11 is 1.22. The lowest BCUT2D eigenvalue weighted by molar-refractivity contribution is -0.113. The zero-order valence-corrected chi connectivity index (χ0v) is 17.2. The minimum atomic E-state index is -0.257. The van der Waals surface area contributed by atoms with Gasteiger partial charge in [0.1, 0.15) is 6.26 Å². The second kappa shape index (κ2) is 7.73. The molecule has 10 heteroatoms. The molecule has 154 valence electrons. The number of carbonyl (C=O) groups is 1. The van der Waals surface area contributed by atoms with Crippen LogP contribution in [-0.2, 0) is 4.79 Å². The first kappa shape index (κ1) is 19.1. The molecule has 31 heavy (non-hydrogen) atoms. The van der Waals surface area contributed by atoms with Crippen molar-refractivity contribution < 1.29 is 9.32 Å². The molecule has 1 amide bonds.